The van der Waals surface area contributed by atoms with Gasteiger partial charge in [0, 0.05) is 6.61 Å². The maximum absolute atomic E-state index is 9.15. The molecule has 3 heteroatoms. The van der Waals surface area contributed by atoms with Crippen LogP contribution < -0.4 is 29.6 Å². The van der Waals surface area contributed by atoms with E-state index in [-0.39, 0.29) is 31.0 Å². The summed E-state index contributed by atoms with van der Waals surface area (Å²) in [5.41, 5.74) is 0.342. The molecular weight excluding hydrogens is 149 g/mol. The minimum absolute atomic E-state index is 0. The van der Waals surface area contributed by atoms with E-state index < -0.39 is 0 Å². The van der Waals surface area contributed by atoms with Crippen molar-refractivity contribution in [3.8, 4) is 0 Å². The molecule has 2 nitrogen and oxygen atoms in total. The van der Waals surface area contributed by atoms with Gasteiger partial charge in [0.25, 0.3) is 0 Å². The van der Waals surface area contributed by atoms with Crippen LogP contribution in [0.5, 0.6) is 0 Å². The summed E-state index contributed by atoms with van der Waals surface area (Å²) < 4.78 is 0. The number of hydrogen-bond donors (Lipinski definition) is 1. The summed E-state index contributed by atoms with van der Waals surface area (Å²) in [5, 5.41) is 9.15. The summed E-state index contributed by atoms with van der Waals surface area (Å²) in [5.74, 6) is 0. The first-order valence-electron chi connectivity index (χ1n) is 4.18. The normalized spacial score (nSPS) is 41.7. The molecule has 0 radical (unpaired) electrons. The summed E-state index contributed by atoms with van der Waals surface area (Å²) in [7, 11) is 0. The average Bonchev–Trinajstić information content (AvgIpc) is 2.08. The first-order valence-corrected chi connectivity index (χ1v) is 4.18. The second-order valence-electron chi connectivity index (χ2n) is 3.75. The Hall–Kier alpha value is 0.920. The summed E-state index contributed by atoms with van der Waals surface area (Å²) in [6, 6.07) is 0. The summed E-state index contributed by atoms with van der Waals surface area (Å²) in [6.45, 7) is 4.09. The number of aliphatic hydroxyl groups is 1. The molecule has 2 bridgehead atoms. The first-order chi connectivity index (χ1) is 4.85. The van der Waals surface area contributed by atoms with Crippen molar-refractivity contribution in [2.75, 3.05) is 26.2 Å². The summed E-state index contributed by atoms with van der Waals surface area (Å²) >= 11 is 0. The molecule has 1 N–H and O–H groups in total. The van der Waals surface area contributed by atoms with Crippen LogP contribution in [-0.2, 0) is 0 Å². The Labute approximate surface area is 91.7 Å². The van der Waals surface area contributed by atoms with Crippen molar-refractivity contribution in [3.05, 3.63) is 0 Å². The Kier molecular flexibility index (Phi) is 3.41. The molecule has 0 unspecified atom stereocenters. The van der Waals surface area contributed by atoms with Crippen LogP contribution >= 0.6 is 0 Å². The molecule has 0 aromatic rings. The standard InChI is InChI=1S/C8H15NO.Na.H/c10-7-8-1-4-9(5-2-8)6-3-8;;/h10H,1-7H2;;/q;+1;-1. The fourth-order valence-corrected chi connectivity index (χ4v) is 2.13. The van der Waals surface area contributed by atoms with Crippen LogP contribution in [0, 0.1) is 5.41 Å². The summed E-state index contributed by atoms with van der Waals surface area (Å²) in [6.07, 6.45) is 3.68. The van der Waals surface area contributed by atoms with Gasteiger partial charge in [0.15, 0.2) is 0 Å². The van der Waals surface area contributed by atoms with E-state index in [2.05, 4.69) is 4.90 Å². The van der Waals surface area contributed by atoms with Crippen LogP contribution in [0.3, 0.4) is 0 Å². The van der Waals surface area contributed by atoms with Crippen molar-refractivity contribution in [3.63, 3.8) is 0 Å². The van der Waals surface area contributed by atoms with Crippen molar-refractivity contribution >= 4 is 0 Å². The van der Waals surface area contributed by atoms with Crippen molar-refractivity contribution < 1.29 is 36.1 Å². The Morgan fingerprint density at radius 2 is 1.64 bits per heavy atom. The van der Waals surface area contributed by atoms with Crippen LogP contribution in [0.2, 0.25) is 0 Å². The molecule has 0 aromatic carbocycles. The molecule has 0 saturated carbocycles. The van der Waals surface area contributed by atoms with Gasteiger partial charge in [0.2, 0.25) is 0 Å². The number of piperidine rings is 3. The zero-order valence-corrected chi connectivity index (χ0v) is 9.34. The second-order valence-corrected chi connectivity index (χ2v) is 3.75. The molecule has 0 spiro atoms. The van der Waals surface area contributed by atoms with Crippen molar-refractivity contribution in [2.45, 2.75) is 19.3 Å². The van der Waals surface area contributed by atoms with E-state index in [4.69, 9.17) is 5.11 Å². The Morgan fingerprint density at radius 3 is 1.91 bits per heavy atom. The van der Waals surface area contributed by atoms with Crippen LogP contribution in [0.15, 0.2) is 0 Å². The molecule has 0 amide bonds. The topological polar surface area (TPSA) is 23.5 Å². The van der Waals surface area contributed by atoms with Crippen LogP contribution in [-0.4, -0.2) is 36.2 Å². The van der Waals surface area contributed by atoms with Gasteiger partial charge in [-0.15, -0.1) is 0 Å². The van der Waals surface area contributed by atoms with Gasteiger partial charge in [-0.3, -0.25) is 0 Å². The quantitative estimate of drug-likeness (QED) is 0.437. The number of hydrogen-bond acceptors (Lipinski definition) is 2. The molecule has 3 aliphatic heterocycles. The molecule has 0 aromatic heterocycles. The third-order valence-electron chi connectivity index (χ3n) is 3.21. The minimum Gasteiger partial charge on any atom is -1.00 e. The van der Waals surface area contributed by atoms with Crippen molar-refractivity contribution in [1.82, 2.24) is 4.90 Å². The van der Waals surface area contributed by atoms with E-state index in [9.17, 15) is 0 Å². The average molecular weight is 165 g/mol. The fraction of sp³-hybridized carbons (Fsp3) is 1.00. The van der Waals surface area contributed by atoms with Crippen LogP contribution in [0.25, 0.3) is 0 Å². The summed E-state index contributed by atoms with van der Waals surface area (Å²) in [4.78, 5) is 2.50. The fourth-order valence-electron chi connectivity index (χ4n) is 2.13. The molecule has 3 fully saturated rings. The zero-order chi connectivity index (χ0) is 7.03. The van der Waals surface area contributed by atoms with E-state index in [0.29, 0.717) is 12.0 Å². The van der Waals surface area contributed by atoms with E-state index in [1.165, 1.54) is 38.9 Å². The molecule has 0 aliphatic carbocycles. The molecule has 60 valence electrons. The van der Waals surface area contributed by atoms with Crippen molar-refractivity contribution in [1.29, 1.82) is 0 Å². The SMILES string of the molecule is OCC12CCN(CC1)CC2.[H-].[Na+]. The van der Waals surface area contributed by atoms with Crippen molar-refractivity contribution in [2.24, 2.45) is 5.41 Å². The molecule has 3 aliphatic rings. The molecule has 3 heterocycles. The number of aliphatic hydroxyl groups excluding tert-OH is 1. The minimum atomic E-state index is 0. The van der Waals surface area contributed by atoms with E-state index in [1.54, 1.807) is 0 Å². The number of rotatable bonds is 1. The predicted molar refractivity (Wildman–Crippen MR) is 40.9 cm³/mol. The third-order valence-corrected chi connectivity index (χ3v) is 3.21. The molecule has 3 saturated heterocycles. The molecular formula is C8H16NNaO. The van der Waals surface area contributed by atoms with Gasteiger partial charge in [-0.25, -0.2) is 0 Å². The van der Waals surface area contributed by atoms with Gasteiger partial charge >= 0.3 is 29.6 Å². The predicted octanol–water partition coefficient (Wildman–Crippen LogP) is -2.42. The van der Waals surface area contributed by atoms with Crippen LogP contribution in [0.4, 0.5) is 0 Å². The van der Waals surface area contributed by atoms with E-state index >= 15 is 0 Å². The van der Waals surface area contributed by atoms with E-state index in [0.717, 1.165) is 0 Å². The smallest absolute Gasteiger partial charge is 1.00 e. The number of nitrogens with zero attached hydrogens (tertiary/aromatic N) is 1. The maximum atomic E-state index is 9.15. The van der Waals surface area contributed by atoms with Gasteiger partial charge in [0.05, 0.1) is 0 Å². The monoisotopic (exact) mass is 165 g/mol. The molecule has 3 rings (SSSR count). The zero-order valence-electron chi connectivity index (χ0n) is 8.34. The van der Waals surface area contributed by atoms with Gasteiger partial charge in [-0.05, 0) is 44.3 Å². The van der Waals surface area contributed by atoms with E-state index in [1.807, 2.05) is 0 Å². The number of fused-ring (bicyclic) bond motifs is 3. The maximum Gasteiger partial charge on any atom is 1.00 e. The third kappa shape index (κ3) is 1.81. The van der Waals surface area contributed by atoms with Gasteiger partial charge in [-0.1, -0.05) is 0 Å². The van der Waals surface area contributed by atoms with Crippen LogP contribution in [0.1, 0.15) is 20.7 Å². The van der Waals surface area contributed by atoms with Gasteiger partial charge < -0.3 is 11.4 Å². The Morgan fingerprint density at radius 1 is 1.18 bits per heavy atom. The largest absolute Gasteiger partial charge is 1.00 e. The molecule has 0 atom stereocenters. The Bertz CT molecular complexity index is 123. The van der Waals surface area contributed by atoms with Gasteiger partial charge in [0.1, 0.15) is 0 Å². The molecule has 11 heavy (non-hydrogen) atoms. The second kappa shape index (κ2) is 3.75. The first kappa shape index (κ1) is 10.0. The Balaban J connectivity index is 0.000000605. The van der Waals surface area contributed by atoms with Gasteiger partial charge in [-0.2, -0.15) is 0 Å².